The van der Waals surface area contributed by atoms with Crippen molar-refractivity contribution in [2.24, 2.45) is 4.99 Å². The smallest absolute Gasteiger partial charge is 0.248 e. The Morgan fingerprint density at radius 3 is 2.71 bits per heavy atom. The van der Waals surface area contributed by atoms with E-state index in [9.17, 15) is 13.2 Å². The van der Waals surface area contributed by atoms with Gasteiger partial charge in [0, 0.05) is 17.4 Å². The molecule has 2 fully saturated rings. The van der Waals surface area contributed by atoms with E-state index in [-0.39, 0.29) is 28.7 Å². The second-order valence-corrected chi connectivity index (χ2v) is 9.84. The van der Waals surface area contributed by atoms with Gasteiger partial charge in [0.1, 0.15) is 0 Å². The van der Waals surface area contributed by atoms with Gasteiger partial charge >= 0.3 is 0 Å². The molecule has 0 N–H and O–H groups in total. The van der Waals surface area contributed by atoms with E-state index in [0.717, 1.165) is 17.7 Å². The predicted octanol–water partition coefficient (Wildman–Crippen LogP) is 2.70. The van der Waals surface area contributed by atoms with Crippen molar-refractivity contribution in [2.45, 2.75) is 44.9 Å². The minimum Gasteiger partial charge on any atom is -0.316 e. The van der Waals surface area contributed by atoms with Crippen molar-refractivity contribution in [1.29, 1.82) is 0 Å². The Labute approximate surface area is 147 Å². The summed E-state index contributed by atoms with van der Waals surface area (Å²) < 4.78 is 24.1. The van der Waals surface area contributed by atoms with Crippen LogP contribution in [0.5, 0.6) is 0 Å². The van der Waals surface area contributed by atoms with E-state index in [4.69, 9.17) is 0 Å². The first-order valence-corrected chi connectivity index (χ1v) is 10.9. The first-order chi connectivity index (χ1) is 11.3. The molecule has 5 nitrogen and oxygen atoms in total. The van der Waals surface area contributed by atoms with Crippen molar-refractivity contribution in [1.82, 2.24) is 0 Å². The third-order valence-corrected chi connectivity index (χ3v) is 7.73. The van der Waals surface area contributed by atoms with Gasteiger partial charge in [-0.05, 0) is 43.5 Å². The van der Waals surface area contributed by atoms with Crippen molar-refractivity contribution in [3.8, 4) is 0 Å². The Hall–Kier alpha value is -1.34. The van der Waals surface area contributed by atoms with E-state index in [1.165, 1.54) is 17.3 Å². The molecule has 130 valence electrons. The standard InChI is InChI=1S/C17H22N2O3S2/c1-4-5-16(20)18-17-19(13-7-6-11(2)12(3)8-13)14-9-24(21,22)10-15(14)23-17/h6-8,14-15H,4-5,9-10H2,1-3H3. The first-order valence-electron chi connectivity index (χ1n) is 8.16. The first kappa shape index (κ1) is 17.5. The number of anilines is 1. The Kier molecular flexibility index (Phi) is 4.75. The fourth-order valence-electron chi connectivity index (χ4n) is 3.12. The lowest BCUT2D eigenvalue weighted by Gasteiger charge is -2.25. The van der Waals surface area contributed by atoms with Crippen LogP contribution in [0.3, 0.4) is 0 Å². The molecule has 0 bridgehead atoms. The van der Waals surface area contributed by atoms with E-state index in [0.29, 0.717) is 11.6 Å². The summed E-state index contributed by atoms with van der Waals surface area (Å²) in [6, 6.07) is 5.91. The second-order valence-electron chi connectivity index (χ2n) is 6.48. The van der Waals surface area contributed by atoms with Crippen LogP contribution in [0.4, 0.5) is 5.69 Å². The number of aliphatic imine (C=N–C) groups is 1. The maximum atomic E-state index is 12.0. The highest BCUT2D eigenvalue weighted by molar-refractivity contribution is 8.16. The highest BCUT2D eigenvalue weighted by atomic mass is 32.2. The minimum atomic E-state index is -3.03. The third-order valence-electron chi connectivity index (χ3n) is 4.52. The van der Waals surface area contributed by atoms with Gasteiger partial charge in [-0.1, -0.05) is 24.8 Å². The fraction of sp³-hybridized carbons (Fsp3) is 0.529. The molecule has 3 rings (SSSR count). The molecular weight excluding hydrogens is 344 g/mol. The molecule has 2 heterocycles. The van der Waals surface area contributed by atoms with Crippen LogP contribution in [0.25, 0.3) is 0 Å². The molecule has 7 heteroatoms. The SMILES string of the molecule is CCCC(=O)N=C1SC2CS(=O)(=O)CC2N1c1ccc(C)c(C)c1. The zero-order chi connectivity index (χ0) is 17.5. The van der Waals surface area contributed by atoms with Crippen LogP contribution < -0.4 is 4.90 Å². The van der Waals surface area contributed by atoms with E-state index >= 15 is 0 Å². The van der Waals surface area contributed by atoms with Crippen molar-refractivity contribution in [2.75, 3.05) is 16.4 Å². The molecule has 0 aromatic heterocycles. The van der Waals surface area contributed by atoms with Crippen molar-refractivity contribution < 1.29 is 13.2 Å². The highest BCUT2D eigenvalue weighted by Gasteiger charge is 2.49. The summed E-state index contributed by atoms with van der Waals surface area (Å²) in [4.78, 5) is 18.2. The minimum absolute atomic E-state index is 0.0511. The van der Waals surface area contributed by atoms with Crippen LogP contribution in [0, 0.1) is 13.8 Å². The molecule has 24 heavy (non-hydrogen) atoms. The lowest BCUT2D eigenvalue weighted by molar-refractivity contribution is -0.117. The lowest BCUT2D eigenvalue weighted by Crippen LogP contribution is -2.37. The average molecular weight is 367 g/mol. The largest absolute Gasteiger partial charge is 0.316 e. The number of amidine groups is 1. The number of aryl methyl sites for hydroxylation is 2. The Morgan fingerprint density at radius 2 is 2.04 bits per heavy atom. The van der Waals surface area contributed by atoms with Crippen LogP contribution in [-0.4, -0.2) is 42.3 Å². The number of benzene rings is 1. The number of hydrogen-bond donors (Lipinski definition) is 0. The number of sulfone groups is 1. The average Bonchev–Trinajstić information content (AvgIpc) is 2.93. The predicted molar refractivity (Wildman–Crippen MR) is 99.6 cm³/mol. The summed E-state index contributed by atoms with van der Waals surface area (Å²) in [5, 5.41) is 0.589. The molecule has 0 aliphatic carbocycles. The van der Waals surface area contributed by atoms with Crippen LogP contribution in [0.15, 0.2) is 23.2 Å². The zero-order valence-corrected chi connectivity index (χ0v) is 15.8. The van der Waals surface area contributed by atoms with Gasteiger partial charge in [0.25, 0.3) is 0 Å². The van der Waals surface area contributed by atoms with Gasteiger partial charge in [-0.3, -0.25) is 4.79 Å². The molecule has 1 amide bonds. The Bertz CT molecular complexity index is 802. The number of nitrogens with zero attached hydrogens (tertiary/aromatic N) is 2. The number of carbonyl (C=O) groups excluding carboxylic acids is 1. The molecular formula is C17H22N2O3S2. The van der Waals surface area contributed by atoms with Crippen LogP contribution >= 0.6 is 11.8 Å². The quantitative estimate of drug-likeness (QED) is 0.823. The Balaban J connectivity index is 2.01. The molecule has 2 unspecified atom stereocenters. The van der Waals surface area contributed by atoms with E-state index in [1.807, 2.05) is 43.9 Å². The summed E-state index contributed by atoms with van der Waals surface area (Å²) in [5.74, 6) is 0.139. The number of fused-ring (bicyclic) bond motifs is 1. The molecule has 0 saturated carbocycles. The molecule has 1 aromatic carbocycles. The molecule has 2 aliphatic rings. The number of carbonyl (C=O) groups is 1. The Morgan fingerprint density at radius 1 is 1.29 bits per heavy atom. The number of hydrogen-bond acceptors (Lipinski definition) is 4. The maximum absolute atomic E-state index is 12.0. The van der Waals surface area contributed by atoms with Crippen molar-refractivity contribution in [3.05, 3.63) is 29.3 Å². The number of rotatable bonds is 3. The van der Waals surface area contributed by atoms with Crippen molar-refractivity contribution in [3.63, 3.8) is 0 Å². The number of thioether (sulfide) groups is 1. The summed E-state index contributed by atoms with van der Waals surface area (Å²) in [5.41, 5.74) is 3.24. The van der Waals surface area contributed by atoms with Gasteiger partial charge in [0.2, 0.25) is 5.91 Å². The van der Waals surface area contributed by atoms with Gasteiger partial charge in [0.05, 0.1) is 17.5 Å². The van der Waals surface area contributed by atoms with Gasteiger partial charge in [-0.2, -0.15) is 4.99 Å². The van der Waals surface area contributed by atoms with Crippen molar-refractivity contribution >= 4 is 38.4 Å². The summed E-state index contributed by atoms with van der Waals surface area (Å²) >= 11 is 1.43. The molecule has 1 aromatic rings. The molecule has 0 spiro atoms. The summed E-state index contributed by atoms with van der Waals surface area (Å²) in [6.07, 6.45) is 1.17. The van der Waals surface area contributed by atoms with Gasteiger partial charge in [-0.15, -0.1) is 0 Å². The zero-order valence-electron chi connectivity index (χ0n) is 14.2. The topological polar surface area (TPSA) is 66.8 Å². The van der Waals surface area contributed by atoms with Crippen LogP contribution in [0.1, 0.15) is 30.9 Å². The molecule has 2 saturated heterocycles. The van der Waals surface area contributed by atoms with E-state index < -0.39 is 9.84 Å². The van der Waals surface area contributed by atoms with Crippen LogP contribution in [0.2, 0.25) is 0 Å². The normalized spacial score (nSPS) is 26.8. The summed E-state index contributed by atoms with van der Waals surface area (Å²) in [7, 11) is -3.03. The molecule has 2 atom stereocenters. The van der Waals surface area contributed by atoms with E-state index in [2.05, 4.69) is 4.99 Å². The maximum Gasteiger partial charge on any atom is 0.248 e. The highest BCUT2D eigenvalue weighted by Crippen LogP contribution is 2.41. The molecule has 2 aliphatic heterocycles. The fourth-order valence-corrected chi connectivity index (χ4v) is 7.05. The lowest BCUT2D eigenvalue weighted by atomic mass is 10.1. The van der Waals surface area contributed by atoms with Crippen LogP contribution in [-0.2, 0) is 14.6 Å². The second kappa shape index (κ2) is 6.52. The van der Waals surface area contributed by atoms with Gasteiger partial charge in [-0.25, -0.2) is 8.42 Å². The van der Waals surface area contributed by atoms with E-state index in [1.54, 1.807) is 0 Å². The summed E-state index contributed by atoms with van der Waals surface area (Å²) in [6.45, 7) is 6.02. The third kappa shape index (κ3) is 3.37. The monoisotopic (exact) mass is 366 g/mol. The number of amides is 1. The van der Waals surface area contributed by atoms with Gasteiger partial charge in [0.15, 0.2) is 15.0 Å². The van der Waals surface area contributed by atoms with Gasteiger partial charge < -0.3 is 4.90 Å². The molecule has 0 radical (unpaired) electrons.